The number of nitrogens with zero attached hydrogens (tertiary/aromatic N) is 4. The molecule has 0 amide bonds. The molecule has 4 heterocycles. The molecule has 1 aliphatic heterocycles. The van der Waals surface area contributed by atoms with Gasteiger partial charge in [-0.1, -0.05) is 36.4 Å². The molecule has 0 bridgehead atoms. The predicted octanol–water partition coefficient (Wildman–Crippen LogP) is 6.93. The Morgan fingerprint density at radius 3 is 2.42 bits per heavy atom. The van der Waals surface area contributed by atoms with Gasteiger partial charge < -0.3 is 0 Å². The van der Waals surface area contributed by atoms with Gasteiger partial charge >= 0.3 is 0 Å². The monoisotopic (exact) mass is 474 g/mol. The fourth-order valence-electron chi connectivity index (χ4n) is 6.70. The molecule has 0 unspecified atom stereocenters. The Morgan fingerprint density at radius 2 is 1.61 bits per heavy atom. The first-order valence-corrected chi connectivity index (χ1v) is 12.5. The zero-order valence-corrected chi connectivity index (χ0v) is 21.6. The van der Waals surface area contributed by atoms with Gasteiger partial charge in [0, 0.05) is 9.68 Å². The van der Waals surface area contributed by atoms with E-state index < -0.39 is 12.4 Å². The lowest BCUT2D eigenvalue weighted by Gasteiger charge is -2.35. The largest absolute Gasteiger partial charge is 0.299 e. The fraction of sp³-hybridized carbons (Fsp3) is 0.250. The van der Waals surface area contributed by atoms with Crippen LogP contribution in [-0.2, 0) is 12.6 Å². The van der Waals surface area contributed by atoms with Crippen LogP contribution >= 0.6 is 0 Å². The number of hydrogen-bond donors (Lipinski definition) is 0. The van der Waals surface area contributed by atoms with Crippen molar-refractivity contribution in [2.75, 3.05) is 0 Å². The van der Waals surface area contributed by atoms with Crippen LogP contribution < -0.4 is 4.57 Å². The van der Waals surface area contributed by atoms with E-state index in [0.717, 1.165) is 44.6 Å². The smallest absolute Gasteiger partial charge is 0.220 e. The zero-order chi connectivity index (χ0) is 27.6. The van der Waals surface area contributed by atoms with Crippen molar-refractivity contribution in [2.45, 2.75) is 47.0 Å². The number of pyridine rings is 1. The number of hydrogen-bond acceptors (Lipinski definition) is 1. The first-order valence-electron chi connectivity index (χ1n) is 14.0. The van der Waals surface area contributed by atoms with Crippen LogP contribution in [0.1, 0.15) is 45.8 Å². The highest BCUT2D eigenvalue weighted by Crippen LogP contribution is 2.49. The highest BCUT2D eigenvalue weighted by molar-refractivity contribution is 6.01. The Labute approximate surface area is 215 Å². The molecule has 0 fully saturated rings. The number of fused-ring (bicyclic) bond motifs is 7. The third-order valence-corrected chi connectivity index (χ3v) is 8.21. The summed E-state index contributed by atoms with van der Waals surface area (Å²) >= 11 is 0. The lowest BCUT2D eigenvalue weighted by atomic mass is 9.79. The summed E-state index contributed by atoms with van der Waals surface area (Å²) in [6, 6.07) is 18.3. The van der Waals surface area contributed by atoms with Crippen molar-refractivity contribution in [1.82, 2.24) is 14.0 Å². The summed E-state index contributed by atoms with van der Waals surface area (Å²) in [5, 5.41) is 0. The van der Waals surface area contributed by atoms with Crippen LogP contribution in [-0.4, -0.2) is 14.0 Å². The van der Waals surface area contributed by atoms with Crippen LogP contribution in [0.3, 0.4) is 0 Å². The molecule has 0 spiro atoms. The van der Waals surface area contributed by atoms with Crippen LogP contribution in [0, 0.1) is 27.6 Å². The van der Waals surface area contributed by atoms with E-state index >= 15 is 0 Å². The van der Waals surface area contributed by atoms with Crippen molar-refractivity contribution >= 4 is 27.8 Å². The normalized spacial score (nSPS) is 15.8. The van der Waals surface area contributed by atoms with E-state index in [9.17, 15) is 0 Å². The topological polar surface area (TPSA) is 26.1 Å². The molecular weight excluding hydrogens is 440 g/mol. The quantitative estimate of drug-likeness (QED) is 0.237. The third kappa shape index (κ3) is 2.44. The lowest BCUT2D eigenvalue weighted by Crippen LogP contribution is -2.41. The molecule has 1 aliphatic rings. The van der Waals surface area contributed by atoms with E-state index in [1.165, 1.54) is 27.9 Å². The summed E-state index contributed by atoms with van der Waals surface area (Å²) in [4.78, 5) is 5.13. The first kappa shape index (κ1) is 18.4. The Balaban J connectivity index is 1.66. The number of benzene rings is 3. The molecule has 0 N–H and O–H groups in total. The van der Waals surface area contributed by atoms with E-state index in [-0.39, 0.29) is 0 Å². The molecule has 4 heteroatoms. The Morgan fingerprint density at radius 1 is 0.861 bits per heavy atom. The van der Waals surface area contributed by atoms with Crippen molar-refractivity contribution in [2.24, 2.45) is 7.05 Å². The second-order valence-corrected chi connectivity index (χ2v) is 10.8. The van der Waals surface area contributed by atoms with Gasteiger partial charge in [-0.2, -0.15) is 0 Å². The first-order chi connectivity index (χ1) is 18.4. The van der Waals surface area contributed by atoms with Crippen LogP contribution in [0.2, 0.25) is 0 Å². The maximum atomic E-state index is 8.28. The number of aromatic nitrogens is 4. The SMILES string of the molecule is [2H]C([2H])([2H])c1cccc(C)c1-c1c[n+](C)c2c(c1C)C(C)(C)n1c3c-2c(C)ccc3n2c3ccccc3nc12. The molecule has 0 aliphatic carbocycles. The van der Waals surface area contributed by atoms with E-state index in [1.807, 2.05) is 25.1 Å². The molecule has 3 aromatic heterocycles. The summed E-state index contributed by atoms with van der Waals surface area (Å²) in [5.41, 5.74) is 12.9. The predicted molar refractivity (Wildman–Crippen MR) is 148 cm³/mol. The number of para-hydroxylation sites is 2. The van der Waals surface area contributed by atoms with Crippen LogP contribution in [0.25, 0.3) is 50.2 Å². The van der Waals surface area contributed by atoms with E-state index in [0.29, 0.717) is 5.56 Å². The molecule has 3 aromatic carbocycles. The Hall–Kier alpha value is -3.92. The minimum absolute atomic E-state index is 0.390. The van der Waals surface area contributed by atoms with Gasteiger partial charge in [-0.3, -0.25) is 8.97 Å². The average Bonchev–Trinajstić information content (AvgIpc) is 3.39. The van der Waals surface area contributed by atoms with Gasteiger partial charge in [0.2, 0.25) is 11.5 Å². The van der Waals surface area contributed by atoms with Gasteiger partial charge in [0.05, 0.1) is 38.7 Å². The molecule has 0 saturated heterocycles. The van der Waals surface area contributed by atoms with Crippen molar-refractivity contribution in [3.05, 3.63) is 88.6 Å². The second kappa shape index (κ2) is 6.85. The summed E-state index contributed by atoms with van der Waals surface area (Å²) in [7, 11) is 2.09. The number of rotatable bonds is 1. The maximum absolute atomic E-state index is 8.28. The van der Waals surface area contributed by atoms with E-state index in [4.69, 9.17) is 9.10 Å². The van der Waals surface area contributed by atoms with Gasteiger partial charge in [-0.05, 0) is 87.5 Å². The van der Waals surface area contributed by atoms with Crippen molar-refractivity contribution < 1.29 is 8.68 Å². The van der Waals surface area contributed by atoms with Gasteiger partial charge in [-0.15, -0.1) is 0 Å². The van der Waals surface area contributed by atoms with Crippen LogP contribution in [0.5, 0.6) is 0 Å². The summed E-state index contributed by atoms with van der Waals surface area (Å²) < 4.78 is 31.7. The highest BCUT2D eigenvalue weighted by atomic mass is 15.2. The minimum atomic E-state index is -2.21. The molecular formula is C32H31N4+. The zero-order valence-electron chi connectivity index (χ0n) is 24.6. The molecule has 0 radical (unpaired) electrons. The molecule has 0 atom stereocenters. The summed E-state index contributed by atoms with van der Waals surface area (Å²) in [6.07, 6.45) is 2.12. The number of imidazole rings is 2. The average molecular weight is 475 g/mol. The van der Waals surface area contributed by atoms with Crippen molar-refractivity contribution in [3.63, 3.8) is 0 Å². The summed E-state index contributed by atoms with van der Waals surface area (Å²) in [6.45, 7) is 8.63. The molecule has 4 nitrogen and oxygen atoms in total. The molecule has 36 heavy (non-hydrogen) atoms. The van der Waals surface area contributed by atoms with Crippen LogP contribution in [0.4, 0.5) is 0 Å². The molecule has 7 rings (SSSR count). The lowest BCUT2D eigenvalue weighted by molar-refractivity contribution is -0.660. The Bertz CT molecular complexity index is 2020. The van der Waals surface area contributed by atoms with Gasteiger partial charge in [-0.25, -0.2) is 9.55 Å². The highest BCUT2D eigenvalue weighted by Gasteiger charge is 2.43. The maximum Gasteiger partial charge on any atom is 0.220 e. The van der Waals surface area contributed by atoms with E-state index in [2.05, 4.69) is 84.8 Å². The van der Waals surface area contributed by atoms with Crippen molar-refractivity contribution in [1.29, 1.82) is 0 Å². The molecule has 178 valence electrons. The van der Waals surface area contributed by atoms with Crippen LogP contribution in [0.15, 0.2) is 60.8 Å². The van der Waals surface area contributed by atoms with E-state index in [1.54, 1.807) is 6.07 Å². The Kier molecular flexibility index (Phi) is 3.49. The third-order valence-electron chi connectivity index (χ3n) is 8.21. The van der Waals surface area contributed by atoms with Gasteiger partial charge in [0.1, 0.15) is 7.05 Å². The fourth-order valence-corrected chi connectivity index (χ4v) is 6.70. The van der Waals surface area contributed by atoms with Gasteiger partial charge in [0.25, 0.3) is 0 Å². The standard InChI is InChI=1S/C32H31N4/c1-18-11-10-12-19(2)26(18)22-17-34(7)30-27-20(3)15-16-25-29(27)36(32(5,6)28(30)21(22)4)31-33-23-13-8-9-14-24(23)35(25)31/h8-17H,1-7H3/q+1/i1D3. The second-order valence-electron chi connectivity index (χ2n) is 10.8. The number of aryl methyl sites for hydroxylation is 4. The summed E-state index contributed by atoms with van der Waals surface area (Å²) in [5.74, 6) is 0.917. The molecule has 6 aromatic rings. The molecule has 0 saturated carbocycles. The van der Waals surface area contributed by atoms with Gasteiger partial charge in [0.15, 0.2) is 6.20 Å². The van der Waals surface area contributed by atoms with Crippen molar-refractivity contribution in [3.8, 4) is 22.4 Å². The minimum Gasteiger partial charge on any atom is -0.299 e.